The zero-order valence-corrected chi connectivity index (χ0v) is 12.3. The van der Waals surface area contributed by atoms with E-state index in [-0.39, 0.29) is 17.5 Å². The van der Waals surface area contributed by atoms with Gasteiger partial charge in [0.2, 0.25) is 5.82 Å². The Bertz CT molecular complexity index is 553. The first kappa shape index (κ1) is 14.0. The molecular weight excluding hydrogens is 272 g/mol. The fourth-order valence-corrected chi connectivity index (χ4v) is 2.01. The lowest BCUT2D eigenvalue weighted by Crippen LogP contribution is -2.13. The minimum absolute atomic E-state index is 0.105. The van der Waals surface area contributed by atoms with E-state index in [2.05, 4.69) is 15.3 Å². The summed E-state index contributed by atoms with van der Waals surface area (Å²) in [6.45, 7) is 4.40. The third-order valence-electron chi connectivity index (χ3n) is 3.47. The molecular formula is C14H20N4O3. The van der Waals surface area contributed by atoms with Crippen LogP contribution in [0, 0.1) is 16.0 Å². The van der Waals surface area contributed by atoms with Gasteiger partial charge in [0.15, 0.2) is 0 Å². The normalized spacial score (nSPS) is 17.9. The third kappa shape index (κ3) is 3.40. The molecule has 0 atom stereocenters. The first-order valence-corrected chi connectivity index (χ1v) is 7.50. The quantitative estimate of drug-likeness (QED) is 0.614. The van der Waals surface area contributed by atoms with Gasteiger partial charge in [0.05, 0.1) is 11.5 Å². The van der Waals surface area contributed by atoms with E-state index in [1.165, 1.54) is 0 Å². The zero-order valence-electron chi connectivity index (χ0n) is 12.3. The number of anilines is 1. The second-order valence-corrected chi connectivity index (χ2v) is 6.24. The van der Waals surface area contributed by atoms with Crippen molar-refractivity contribution < 1.29 is 9.66 Å². The Labute approximate surface area is 123 Å². The molecule has 1 aromatic heterocycles. The van der Waals surface area contributed by atoms with Crippen LogP contribution in [0.2, 0.25) is 0 Å². The first-order chi connectivity index (χ1) is 10.0. The second kappa shape index (κ2) is 5.46. The van der Waals surface area contributed by atoms with E-state index >= 15 is 0 Å². The standard InChI is InChI=1S/C14H20N4O3/c1-8(2)7-21-14-11(18(19)20)13(15-10-5-6-10)16-12(17-14)9-3-4-9/h8-10H,3-7H2,1-2H3,(H,15,16,17). The van der Waals surface area contributed by atoms with E-state index in [0.29, 0.717) is 30.2 Å². The topological polar surface area (TPSA) is 90.2 Å². The van der Waals surface area contributed by atoms with Gasteiger partial charge in [0.1, 0.15) is 5.82 Å². The average molecular weight is 292 g/mol. The predicted octanol–water partition coefficient (Wildman–Crippen LogP) is 2.87. The number of nitrogens with one attached hydrogen (secondary N) is 1. The summed E-state index contributed by atoms with van der Waals surface area (Å²) in [4.78, 5) is 19.6. The van der Waals surface area contributed by atoms with Gasteiger partial charge in [-0.1, -0.05) is 13.8 Å². The van der Waals surface area contributed by atoms with Crippen molar-refractivity contribution in [3.05, 3.63) is 15.9 Å². The zero-order chi connectivity index (χ0) is 15.0. The number of nitro groups is 1. The Morgan fingerprint density at radius 2 is 2.05 bits per heavy atom. The lowest BCUT2D eigenvalue weighted by atomic mass is 10.2. The number of hydrogen-bond donors (Lipinski definition) is 1. The predicted molar refractivity (Wildman–Crippen MR) is 77.6 cm³/mol. The van der Waals surface area contributed by atoms with Crippen molar-refractivity contribution in [3.8, 4) is 5.88 Å². The molecule has 0 aliphatic heterocycles. The van der Waals surface area contributed by atoms with Gasteiger partial charge in [-0.3, -0.25) is 10.1 Å². The van der Waals surface area contributed by atoms with Gasteiger partial charge in [-0.2, -0.15) is 4.98 Å². The van der Waals surface area contributed by atoms with Crippen molar-refractivity contribution in [3.63, 3.8) is 0 Å². The van der Waals surface area contributed by atoms with Crippen LogP contribution in [0.5, 0.6) is 5.88 Å². The van der Waals surface area contributed by atoms with Crippen LogP contribution in [0.15, 0.2) is 0 Å². The molecule has 114 valence electrons. The number of nitrogens with zero attached hydrogens (tertiary/aromatic N) is 3. The molecule has 2 aliphatic rings. The van der Waals surface area contributed by atoms with E-state index in [4.69, 9.17) is 4.74 Å². The van der Waals surface area contributed by atoms with Crippen molar-refractivity contribution in [1.29, 1.82) is 0 Å². The summed E-state index contributed by atoms with van der Waals surface area (Å²) in [6, 6.07) is 0.295. The lowest BCUT2D eigenvalue weighted by Gasteiger charge is -2.12. The Balaban J connectivity index is 1.95. The molecule has 2 aliphatic carbocycles. The summed E-state index contributed by atoms with van der Waals surface area (Å²) in [5, 5.41) is 14.5. The molecule has 2 saturated carbocycles. The van der Waals surface area contributed by atoms with Crippen LogP contribution in [0.25, 0.3) is 0 Å². The molecule has 7 heteroatoms. The van der Waals surface area contributed by atoms with Crippen LogP contribution < -0.4 is 10.1 Å². The molecule has 0 saturated heterocycles. The lowest BCUT2D eigenvalue weighted by molar-refractivity contribution is -0.385. The van der Waals surface area contributed by atoms with Crippen LogP contribution >= 0.6 is 0 Å². The van der Waals surface area contributed by atoms with Crippen molar-refractivity contribution in [2.75, 3.05) is 11.9 Å². The monoisotopic (exact) mass is 292 g/mol. The summed E-state index contributed by atoms with van der Waals surface area (Å²) in [5.74, 6) is 1.70. The Kier molecular flexibility index (Phi) is 3.65. The largest absolute Gasteiger partial charge is 0.472 e. The van der Waals surface area contributed by atoms with Crippen LogP contribution in [-0.2, 0) is 0 Å². The molecule has 0 aromatic carbocycles. The van der Waals surface area contributed by atoms with E-state index < -0.39 is 4.92 Å². The molecule has 1 N–H and O–H groups in total. The first-order valence-electron chi connectivity index (χ1n) is 7.50. The van der Waals surface area contributed by atoms with E-state index in [1.54, 1.807) is 0 Å². The Hall–Kier alpha value is -1.92. The highest BCUT2D eigenvalue weighted by Crippen LogP contribution is 2.42. The van der Waals surface area contributed by atoms with Crippen molar-refractivity contribution in [2.45, 2.75) is 51.5 Å². The third-order valence-corrected chi connectivity index (χ3v) is 3.47. The van der Waals surface area contributed by atoms with Crippen LogP contribution in [0.3, 0.4) is 0 Å². The molecule has 21 heavy (non-hydrogen) atoms. The summed E-state index contributed by atoms with van der Waals surface area (Å²) in [5.41, 5.74) is -0.132. The van der Waals surface area contributed by atoms with Gasteiger partial charge in [0.25, 0.3) is 5.88 Å². The molecule has 3 rings (SSSR count). The molecule has 1 aromatic rings. The number of aromatic nitrogens is 2. The summed E-state index contributed by atoms with van der Waals surface area (Å²) < 4.78 is 5.59. The molecule has 0 radical (unpaired) electrons. The molecule has 2 fully saturated rings. The smallest absolute Gasteiger partial charge is 0.372 e. The summed E-state index contributed by atoms with van der Waals surface area (Å²) in [7, 11) is 0. The second-order valence-electron chi connectivity index (χ2n) is 6.24. The molecule has 0 spiro atoms. The maximum Gasteiger partial charge on any atom is 0.372 e. The van der Waals surface area contributed by atoms with E-state index in [0.717, 1.165) is 25.7 Å². The Morgan fingerprint density at radius 1 is 1.33 bits per heavy atom. The van der Waals surface area contributed by atoms with Gasteiger partial charge >= 0.3 is 5.69 Å². The van der Waals surface area contributed by atoms with Gasteiger partial charge < -0.3 is 10.1 Å². The summed E-state index contributed by atoms with van der Waals surface area (Å²) in [6.07, 6.45) is 4.15. The minimum atomic E-state index is -0.447. The number of ether oxygens (including phenoxy) is 1. The number of hydrogen-bond acceptors (Lipinski definition) is 6. The minimum Gasteiger partial charge on any atom is -0.472 e. The maximum absolute atomic E-state index is 11.4. The number of rotatable bonds is 7. The summed E-state index contributed by atoms with van der Waals surface area (Å²) >= 11 is 0. The van der Waals surface area contributed by atoms with Crippen LogP contribution in [-0.4, -0.2) is 27.5 Å². The maximum atomic E-state index is 11.4. The highest BCUT2D eigenvalue weighted by molar-refractivity contribution is 5.62. The van der Waals surface area contributed by atoms with Crippen molar-refractivity contribution in [1.82, 2.24) is 9.97 Å². The highest BCUT2D eigenvalue weighted by Gasteiger charge is 2.35. The fraction of sp³-hybridized carbons (Fsp3) is 0.714. The molecule has 7 nitrogen and oxygen atoms in total. The van der Waals surface area contributed by atoms with Crippen molar-refractivity contribution in [2.24, 2.45) is 5.92 Å². The van der Waals surface area contributed by atoms with Crippen LogP contribution in [0.4, 0.5) is 11.5 Å². The molecule has 0 unspecified atom stereocenters. The highest BCUT2D eigenvalue weighted by atomic mass is 16.6. The van der Waals surface area contributed by atoms with Crippen molar-refractivity contribution >= 4 is 11.5 Å². The van der Waals surface area contributed by atoms with E-state index in [1.807, 2.05) is 13.8 Å². The average Bonchev–Trinajstić information content (AvgIpc) is 3.27. The Morgan fingerprint density at radius 3 is 2.57 bits per heavy atom. The van der Waals surface area contributed by atoms with Gasteiger partial charge in [-0.05, 0) is 31.6 Å². The van der Waals surface area contributed by atoms with Gasteiger partial charge in [0, 0.05) is 12.0 Å². The van der Waals surface area contributed by atoms with E-state index in [9.17, 15) is 10.1 Å². The van der Waals surface area contributed by atoms with Crippen LogP contribution in [0.1, 0.15) is 51.3 Å². The molecule has 0 amide bonds. The fourth-order valence-electron chi connectivity index (χ4n) is 2.01. The SMILES string of the molecule is CC(C)COc1nc(C2CC2)nc(NC2CC2)c1[N+](=O)[O-]. The molecule has 0 bridgehead atoms. The van der Waals surface area contributed by atoms with Gasteiger partial charge in [-0.25, -0.2) is 4.98 Å². The molecule has 1 heterocycles. The van der Waals surface area contributed by atoms with Gasteiger partial charge in [-0.15, -0.1) is 0 Å².